The number of nitrogens with zero attached hydrogens (tertiary/aromatic N) is 1. The molecule has 1 heterocycles. The van der Waals surface area contributed by atoms with Crippen LogP contribution >= 0.6 is 11.3 Å². The van der Waals surface area contributed by atoms with E-state index in [4.69, 9.17) is 5.73 Å². The highest BCUT2D eigenvalue weighted by Crippen LogP contribution is 2.25. The summed E-state index contributed by atoms with van der Waals surface area (Å²) in [5.41, 5.74) is 6.60. The average molecular weight is 301 g/mol. The molecule has 0 radical (unpaired) electrons. The van der Waals surface area contributed by atoms with Gasteiger partial charge in [-0.05, 0) is 31.5 Å². The van der Waals surface area contributed by atoms with Crippen molar-refractivity contribution in [3.8, 4) is 0 Å². The first-order valence-corrected chi connectivity index (χ1v) is 7.66. The Hall–Kier alpha value is -1.67. The Bertz CT molecular complexity index is 726. The number of sulfonamides is 1. The third-order valence-electron chi connectivity index (χ3n) is 2.37. The lowest BCUT2D eigenvalue weighted by Gasteiger charge is -2.09. The maximum Gasteiger partial charge on any atom is 0.266 e. The Morgan fingerprint density at radius 1 is 1.37 bits per heavy atom. The second-order valence-electron chi connectivity index (χ2n) is 4.05. The molecule has 2 rings (SSSR count). The van der Waals surface area contributed by atoms with Crippen LogP contribution in [0.1, 0.15) is 11.3 Å². The van der Waals surface area contributed by atoms with Crippen molar-refractivity contribution in [1.82, 2.24) is 4.98 Å². The number of thiazole rings is 1. The summed E-state index contributed by atoms with van der Waals surface area (Å²) in [6.07, 6.45) is 0. The van der Waals surface area contributed by atoms with E-state index in [1.54, 1.807) is 12.3 Å². The minimum absolute atomic E-state index is 0.177. The van der Waals surface area contributed by atoms with E-state index in [9.17, 15) is 12.8 Å². The molecule has 0 atom stereocenters. The second-order valence-corrected chi connectivity index (χ2v) is 6.56. The predicted molar refractivity (Wildman–Crippen MR) is 73.2 cm³/mol. The zero-order valence-electron chi connectivity index (χ0n) is 10.3. The van der Waals surface area contributed by atoms with Gasteiger partial charge in [0.05, 0.1) is 5.69 Å². The molecule has 0 amide bonds. The van der Waals surface area contributed by atoms with Gasteiger partial charge in [-0.15, -0.1) is 11.3 Å². The van der Waals surface area contributed by atoms with Gasteiger partial charge in [-0.25, -0.2) is 17.8 Å². The number of nitrogens with two attached hydrogens (primary N) is 1. The standard InChI is InChI=1S/C11H12FN3O2S2/c1-6-3-8(13)4-9(10(6)12)19(16,17)15-11-14-7(2)5-18-11/h3-5H,13H2,1-2H3,(H,14,15). The minimum Gasteiger partial charge on any atom is -0.399 e. The van der Waals surface area contributed by atoms with Gasteiger partial charge in [0.2, 0.25) is 0 Å². The van der Waals surface area contributed by atoms with Gasteiger partial charge < -0.3 is 5.73 Å². The number of hydrogen-bond acceptors (Lipinski definition) is 5. The maximum atomic E-state index is 13.9. The van der Waals surface area contributed by atoms with Crippen LogP contribution in [0.3, 0.4) is 0 Å². The van der Waals surface area contributed by atoms with Crippen molar-refractivity contribution < 1.29 is 12.8 Å². The van der Waals surface area contributed by atoms with Crippen molar-refractivity contribution in [1.29, 1.82) is 0 Å². The molecule has 2 aromatic rings. The normalized spacial score (nSPS) is 11.5. The first-order valence-electron chi connectivity index (χ1n) is 5.30. The number of aromatic nitrogens is 1. The van der Waals surface area contributed by atoms with Crippen LogP contribution in [0.4, 0.5) is 15.2 Å². The number of nitrogen functional groups attached to an aromatic ring is 1. The third-order valence-corrected chi connectivity index (χ3v) is 4.72. The molecule has 0 unspecified atom stereocenters. The van der Waals surface area contributed by atoms with Crippen molar-refractivity contribution in [3.05, 3.63) is 34.6 Å². The number of benzene rings is 1. The number of hydrogen-bond donors (Lipinski definition) is 2. The van der Waals surface area contributed by atoms with Crippen LogP contribution in [0, 0.1) is 19.7 Å². The highest BCUT2D eigenvalue weighted by Gasteiger charge is 2.22. The lowest BCUT2D eigenvalue weighted by Crippen LogP contribution is -2.15. The molecule has 0 aliphatic carbocycles. The predicted octanol–water partition coefficient (Wildman–Crippen LogP) is 2.28. The first kappa shape index (κ1) is 13.8. The van der Waals surface area contributed by atoms with Gasteiger partial charge in [-0.1, -0.05) is 0 Å². The maximum absolute atomic E-state index is 13.9. The summed E-state index contributed by atoms with van der Waals surface area (Å²) >= 11 is 1.13. The molecule has 0 spiro atoms. The smallest absolute Gasteiger partial charge is 0.266 e. The number of nitrogens with one attached hydrogen (secondary N) is 1. The van der Waals surface area contributed by atoms with Gasteiger partial charge in [0.15, 0.2) is 5.13 Å². The Morgan fingerprint density at radius 2 is 2.05 bits per heavy atom. The first-order chi connectivity index (χ1) is 8.79. The Kier molecular flexibility index (Phi) is 3.46. The topological polar surface area (TPSA) is 85.1 Å². The van der Waals surface area contributed by atoms with Crippen molar-refractivity contribution in [2.45, 2.75) is 18.7 Å². The largest absolute Gasteiger partial charge is 0.399 e. The molecule has 8 heteroatoms. The van der Waals surface area contributed by atoms with Crippen LogP contribution in [0.25, 0.3) is 0 Å². The van der Waals surface area contributed by atoms with E-state index in [-0.39, 0.29) is 16.4 Å². The molecule has 0 aliphatic heterocycles. The van der Waals surface area contributed by atoms with Crippen LogP contribution < -0.4 is 10.5 Å². The Balaban J connectivity index is 2.45. The second kappa shape index (κ2) is 4.78. The Morgan fingerprint density at radius 3 is 2.63 bits per heavy atom. The minimum atomic E-state index is -4.03. The molecule has 0 bridgehead atoms. The van der Waals surface area contributed by atoms with Crippen LogP contribution in [-0.2, 0) is 10.0 Å². The van der Waals surface area contributed by atoms with Crippen molar-refractivity contribution in [3.63, 3.8) is 0 Å². The molecule has 0 aliphatic rings. The van der Waals surface area contributed by atoms with Crippen molar-refractivity contribution in [2.24, 2.45) is 0 Å². The van der Waals surface area contributed by atoms with E-state index >= 15 is 0 Å². The molecule has 102 valence electrons. The van der Waals surface area contributed by atoms with Crippen LogP contribution in [0.2, 0.25) is 0 Å². The zero-order valence-corrected chi connectivity index (χ0v) is 11.9. The van der Waals surface area contributed by atoms with Gasteiger partial charge in [0.1, 0.15) is 10.7 Å². The zero-order chi connectivity index (χ0) is 14.2. The molecule has 1 aromatic heterocycles. The summed E-state index contributed by atoms with van der Waals surface area (Å²) in [6.45, 7) is 3.19. The van der Waals surface area contributed by atoms with E-state index in [1.165, 1.54) is 13.0 Å². The summed E-state index contributed by atoms with van der Waals surface area (Å²) in [5, 5.41) is 1.88. The summed E-state index contributed by atoms with van der Waals surface area (Å²) in [7, 11) is -4.03. The lowest BCUT2D eigenvalue weighted by molar-refractivity contribution is 0.565. The third kappa shape index (κ3) is 2.85. The molecule has 19 heavy (non-hydrogen) atoms. The summed E-state index contributed by atoms with van der Waals surface area (Å²) in [4.78, 5) is 3.50. The van der Waals surface area contributed by atoms with E-state index in [0.717, 1.165) is 17.4 Å². The van der Waals surface area contributed by atoms with Gasteiger partial charge in [0, 0.05) is 11.1 Å². The fourth-order valence-corrected chi connectivity index (χ4v) is 3.66. The Labute approximate surface area is 114 Å². The number of halogens is 1. The van der Waals surface area contributed by atoms with Crippen LogP contribution in [0.5, 0.6) is 0 Å². The fraction of sp³-hybridized carbons (Fsp3) is 0.182. The van der Waals surface area contributed by atoms with Crippen LogP contribution in [0.15, 0.2) is 22.4 Å². The van der Waals surface area contributed by atoms with E-state index in [1.807, 2.05) is 0 Å². The molecular formula is C11H12FN3O2S2. The number of aryl methyl sites for hydroxylation is 2. The SMILES string of the molecule is Cc1csc(NS(=O)(=O)c2cc(N)cc(C)c2F)n1. The number of rotatable bonds is 3. The lowest BCUT2D eigenvalue weighted by atomic mass is 10.2. The van der Waals surface area contributed by atoms with Crippen molar-refractivity contribution >= 4 is 32.2 Å². The van der Waals surface area contributed by atoms with Gasteiger partial charge >= 0.3 is 0 Å². The summed E-state index contributed by atoms with van der Waals surface area (Å²) in [6, 6.07) is 2.47. The summed E-state index contributed by atoms with van der Waals surface area (Å²) < 4.78 is 40.3. The van der Waals surface area contributed by atoms with Gasteiger partial charge in [-0.2, -0.15) is 0 Å². The van der Waals surface area contributed by atoms with Gasteiger partial charge in [-0.3, -0.25) is 4.72 Å². The fourth-order valence-electron chi connectivity index (χ4n) is 1.53. The highest BCUT2D eigenvalue weighted by molar-refractivity contribution is 7.93. The quantitative estimate of drug-likeness (QED) is 0.852. The monoisotopic (exact) mass is 301 g/mol. The highest BCUT2D eigenvalue weighted by atomic mass is 32.2. The van der Waals surface area contributed by atoms with E-state index in [2.05, 4.69) is 9.71 Å². The molecule has 0 saturated heterocycles. The molecule has 0 fully saturated rings. The molecule has 3 N–H and O–H groups in total. The van der Waals surface area contributed by atoms with E-state index < -0.39 is 20.7 Å². The summed E-state index contributed by atoms with van der Waals surface area (Å²) in [5.74, 6) is -0.810. The molecule has 5 nitrogen and oxygen atoms in total. The molecule has 1 aromatic carbocycles. The average Bonchev–Trinajstić information content (AvgIpc) is 2.68. The molecule has 0 saturated carbocycles. The van der Waals surface area contributed by atoms with Gasteiger partial charge in [0.25, 0.3) is 10.0 Å². The van der Waals surface area contributed by atoms with Crippen molar-refractivity contribution in [2.75, 3.05) is 10.5 Å². The molecular weight excluding hydrogens is 289 g/mol. The number of anilines is 2. The van der Waals surface area contributed by atoms with E-state index in [0.29, 0.717) is 5.69 Å². The van der Waals surface area contributed by atoms with Crippen LogP contribution in [-0.4, -0.2) is 13.4 Å².